The molecule has 5 rings (SSSR count). The lowest BCUT2D eigenvalue weighted by atomic mass is 10.2. The molecule has 1 N–H and O–H groups in total. The first-order valence-electron chi connectivity index (χ1n) is 12.7. The second kappa shape index (κ2) is 10.7. The number of hydrogen-bond acceptors (Lipinski definition) is 8. The summed E-state index contributed by atoms with van der Waals surface area (Å²) in [4.78, 5) is 55.0. The van der Waals surface area contributed by atoms with Gasteiger partial charge in [-0.3, -0.25) is 38.2 Å². The van der Waals surface area contributed by atoms with Gasteiger partial charge in [0.05, 0.1) is 18.8 Å². The van der Waals surface area contributed by atoms with Gasteiger partial charge in [-0.15, -0.1) is 0 Å². The molecule has 0 bridgehead atoms. The van der Waals surface area contributed by atoms with Gasteiger partial charge in [-0.2, -0.15) is 5.10 Å². The van der Waals surface area contributed by atoms with Crippen LogP contribution in [-0.4, -0.2) is 84.1 Å². The zero-order valence-corrected chi connectivity index (χ0v) is 21.8. The van der Waals surface area contributed by atoms with Crippen molar-refractivity contribution in [2.45, 2.75) is 26.9 Å². The van der Waals surface area contributed by atoms with Gasteiger partial charge in [-0.1, -0.05) is 0 Å². The zero-order chi connectivity index (χ0) is 26.8. The maximum absolute atomic E-state index is 13.6. The highest BCUT2D eigenvalue weighted by molar-refractivity contribution is 6.05. The molecule has 0 atom stereocenters. The summed E-state index contributed by atoms with van der Waals surface area (Å²) in [5.41, 5.74) is 0.616. The first-order valence-corrected chi connectivity index (χ1v) is 12.7. The molecule has 13 nitrogen and oxygen atoms in total. The quantitative estimate of drug-likeness (QED) is 0.358. The second-order valence-corrected chi connectivity index (χ2v) is 9.02. The number of imidazole rings is 1. The predicted molar refractivity (Wildman–Crippen MR) is 141 cm³/mol. The Hall–Kier alpha value is -4.10. The number of fused-ring (bicyclic) bond motifs is 1. The van der Waals surface area contributed by atoms with E-state index >= 15 is 0 Å². The smallest absolute Gasteiger partial charge is 0.332 e. The van der Waals surface area contributed by atoms with E-state index in [0.29, 0.717) is 55.7 Å². The number of carbonyl (C=O) groups excluding carboxylic acids is 1. The molecule has 0 radical (unpaired) electrons. The Morgan fingerprint density at radius 2 is 1.92 bits per heavy atom. The van der Waals surface area contributed by atoms with Crippen LogP contribution in [0.15, 0.2) is 40.2 Å². The van der Waals surface area contributed by atoms with Crippen LogP contribution in [-0.2, 0) is 24.9 Å². The molecule has 4 aromatic heterocycles. The first-order chi connectivity index (χ1) is 18.4. The number of hydrogen-bond donors (Lipinski definition) is 1. The molecule has 38 heavy (non-hydrogen) atoms. The summed E-state index contributed by atoms with van der Waals surface area (Å²) in [7, 11) is 1.76. The minimum absolute atomic E-state index is 0.198. The lowest BCUT2D eigenvalue weighted by molar-refractivity contribution is 0.0390. The van der Waals surface area contributed by atoms with Crippen molar-refractivity contribution in [3.05, 3.63) is 57.0 Å². The van der Waals surface area contributed by atoms with Crippen molar-refractivity contribution in [1.29, 1.82) is 0 Å². The fourth-order valence-electron chi connectivity index (χ4n) is 4.71. The van der Waals surface area contributed by atoms with Gasteiger partial charge >= 0.3 is 5.69 Å². The Balaban J connectivity index is 1.54. The second-order valence-electron chi connectivity index (χ2n) is 9.02. The minimum atomic E-state index is -0.425. The number of H-pyrrole nitrogens is 1. The molecule has 1 saturated heterocycles. The van der Waals surface area contributed by atoms with Crippen LogP contribution in [0.3, 0.4) is 0 Å². The number of nitrogens with one attached hydrogen (secondary N) is 1. The molecule has 1 fully saturated rings. The number of pyridine rings is 1. The third-order valence-electron chi connectivity index (χ3n) is 6.77. The molecule has 0 unspecified atom stereocenters. The molecule has 0 aromatic carbocycles. The number of rotatable bonds is 8. The highest BCUT2D eigenvalue weighted by Crippen LogP contribution is 2.24. The fraction of sp³-hybridized carbons (Fsp3) is 0.440. The van der Waals surface area contributed by atoms with Gasteiger partial charge < -0.3 is 9.72 Å². The third-order valence-corrected chi connectivity index (χ3v) is 6.77. The van der Waals surface area contributed by atoms with E-state index in [9.17, 15) is 14.4 Å². The number of aromatic amines is 1. The van der Waals surface area contributed by atoms with Crippen LogP contribution < -0.4 is 16.1 Å². The number of aromatic nitrogens is 7. The van der Waals surface area contributed by atoms with Crippen LogP contribution in [0.25, 0.3) is 22.7 Å². The molecule has 13 heteroatoms. The number of amides is 1. The fourth-order valence-corrected chi connectivity index (χ4v) is 4.71. The van der Waals surface area contributed by atoms with E-state index in [1.54, 1.807) is 54.1 Å². The first kappa shape index (κ1) is 25.5. The molecule has 0 aliphatic carbocycles. The van der Waals surface area contributed by atoms with Gasteiger partial charge in [0.15, 0.2) is 11.5 Å². The Labute approximate surface area is 218 Å². The summed E-state index contributed by atoms with van der Waals surface area (Å²) < 4.78 is 9.71. The molecule has 4 aromatic rings. The zero-order valence-electron chi connectivity index (χ0n) is 21.8. The SMILES string of the molecule is CCn1c(=O)c2[nH]c(-c3cc(N(CCN4CCOCC4)C(=O)c4cccnc4)n(C)n3)nc2n(CC)c1=O. The van der Waals surface area contributed by atoms with E-state index in [-0.39, 0.29) is 23.6 Å². The topological polar surface area (TPSA) is 136 Å². The van der Waals surface area contributed by atoms with Crippen molar-refractivity contribution in [3.8, 4) is 11.5 Å². The Morgan fingerprint density at radius 1 is 1.16 bits per heavy atom. The van der Waals surface area contributed by atoms with Gasteiger partial charge in [-0.05, 0) is 26.0 Å². The van der Waals surface area contributed by atoms with E-state index in [2.05, 4.69) is 25.0 Å². The molecule has 5 heterocycles. The number of morpholine rings is 1. The number of anilines is 1. The highest BCUT2D eigenvalue weighted by Gasteiger charge is 2.25. The van der Waals surface area contributed by atoms with Gasteiger partial charge in [0.2, 0.25) is 0 Å². The van der Waals surface area contributed by atoms with E-state index in [1.807, 2.05) is 6.92 Å². The Morgan fingerprint density at radius 3 is 2.61 bits per heavy atom. The van der Waals surface area contributed by atoms with Crippen molar-refractivity contribution < 1.29 is 9.53 Å². The lowest BCUT2D eigenvalue weighted by Gasteiger charge is -2.30. The molecule has 1 amide bonds. The van der Waals surface area contributed by atoms with Crippen LogP contribution in [0.2, 0.25) is 0 Å². The maximum Gasteiger partial charge on any atom is 0.332 e. The van der Waals surface area contributed by atoms with E-state index in [0.717, 1.165) is 13.1 Å². The predicted octanol–water partition coefficient (Wildman–Crippen LogP) is 0.701. The van der Waals surface area contributed by atoms with Crippen molar-refractivity contribution in [3.63, 3.8) is 0 Å². The Bertz CT molecular complexity index is 1560. The van der Waals surface area contributed by atoms with Gasteiger partial charge in [0, 0.05) is 64.8 Å². The van der Waals surface area contributed by atoms with E-state index in [1.165, 1.54) is 9.13 Å². The molecular formula is C25H31N9O4. The summed E-state index contributed by atoms with van der Waals surface area (Å²) in [6, 6.07) is 5.22. The van der Waals surface area contributed by atoms with Crippen LogP contribution in [0.1, 0.15) is 24.2 Å². The van der Waals surface area contributed by atoms with Crippen molar-refractivity contribution in [2.24, 2.45) is 7.05 Å². The summed E-state index contributed by atoms with van der Waals surface area (Å²) in [6.45, 7) is 8.24. The monoisotopic (exact) mass is 521 g/mol. The standard InChI is InChI=1S/C25H31N9O4/c1-4-32-22-20(24(36)33(5-2)25(32)37)27-21(28-22)18-15-19(30(3)29-18)34(10-9-31-11-13-38-14-12-31)23(35)17-7-6-8-26-16-17/h6-8,15-16H,4-5,9-14H2,1-3H3,(H,27,28). The third kappa shape index (κ3) is 4.65. The summed E-state index contributed by atoms with van der Waals surface area (Å²) in [5, 5.41) is 4.60. The average Bonchev–Trinajstić information content (AvgIpc) is 3.55. The summed E-state index contributed by atoms with van der Waals surface area (Å²) >= 11 is 0. The van der Waals surface area contributed by atoms with Crippen molar-refractivity contribution >= 4 is 22.9 Å². The van der Waals surface area contributed by atoms with Gasteiger partial charge in [0.1, 0.15) is 17.0 Å². The molecule has 0 saturated carbocycles. The van der Waals surface area contributed by atoms with Crippen LogP contribution in [0.5, 0.6) is 0 Å². The summed E-state index contributed by atoms with van der Waals surface area (Å²) in [5.74, 6) is 0.717. The molecule has 1 aliphatic rings. The van der Waals surface area contributed by atoms with E-state index in [4.69, 9.17) is 4.74 Å². The normalized spacial score (nSPS) is 14.3. The van der Waals surface area contributed by atoms with Crippen LogP contribution >= 0.6 is 0 Å². The van der Waals surface area contributed by atoms with Gasteiger partial charge in [0.25, 0.3) is 11.5 Å². The number of aryl methyl sites for hydroxylation is 2. The average molecular weight is 522 g/mol. The summed E-state index contributed by atoms with van der Waals surface area (Å²) in [6.07, 6.45) is 3.17. The number of ether oxygens (including phenoxy) is 1. The van der Waals surface area contributed by atoms with Crippen LogP contribution in [0, 0.1) is 0 Å². The van der Waals surface area contributed by atoms with Crippen molar-refractivity contribution in [1.82, 2.24) is 38.8 Å². The van der Waals surface area contributed by atoms with Crippen molar-refractivity contribution in [2.75, 3.05) is 44.3 Å². The lowest BCUT2D eigenvalue weighted by Crippen LogP contribution is -2.43. The molecule has 200 valence electrons. The molecular weight excluding hydrogens is 490 g/mol. The molecule has 1 aliphatic heterocycles. The number of carbonyl (C=O) groups is 1. The number of nitrogens with zero attached hydrogens (tertiary/aromatic N) is 8. The molecule has 0 spiro atoms. The Kier molecular flexibility index (Phi) is 7.20. The minimum Gasteiger partial charge on any atom is -0.379 e. The highest BCUT2D eigenvalue weighted by atomic mass is 16.5. The maximum atomic E-state index is 13.6. The van der Waals surface area contributed by atoms with Crippen LogP contribution in [0.4, 0.5) is 5.82 Å². The largest absolute Gasteiger partial charge is 0.379 e. The van der Waals surface area contributed by atoms with Gasteiger partial charge in [-0.25, -0.2) is 9.78 Å². The van der Waals surface area contributed by atoms with E-state index < -0.39 is 11.2 Å².